The molecule has 7 nitrogen and oxygen atoms in total. The molecule has 0 aliphatic heterocycles. The molecule has 0 saturated carbocycles. The number of nitrogens with one attached hydrogen (secondary N) is 1. The summed E-state index contributed by atoms with van der Waals surface area (Å²) in [4.78, 5) is 21.3. The molecule has 0 bridgehead atoms. The van der Waals surface area contributed by atoms with Crippen molar-refractivity contribution >= 4 is 11.7 Å². The van der Waals surface area contributed by atoms with E-state index in [1.807, 2.05) is 0 Å². The summed E-state index contributed by atoms with van der Waals surface area (Å²) >= 11 is 0. The SMILES string of the molecule is CCNC(COc1cc(C)c([N+](=O)[O-])cc1C)C(=O)O. The number of nitro benzene ring substituents is 1. The van der Waals surface area contributed by atoms with E-state index >= 15 is 0 Å². The molecule has 1 aromatic carbocycles. The van der Waals surface area contributed by atoms with Gasteiger partial charge in [0.05, 0.1) is 4.92 Å². The highest BCUT2D eigenvalue weighted by Gasteiger charge is 2.19. The van der Waals surface area contributed by atoms with Crippen molar-refractivity contribution < 1.29 is 19.6 Å². The summed E-state index contributed by atoms with van der Waals surface area (Å²) in [6.45, 7) is 5.57. The Hall–Kier alpha value is -2.15. The van der Waals surface area contributed by atoms with Crippen molar-refractivity contribution in [2.24, 2.45) is 0 Å². The number of nitrogens with zero attached hydrogens (tertiary/aromatic N) is 1. The van der Waals surface area contributed by atoms with Gasteiger partial charge in [0.15, 0.2) is 0 Å². The van der Waals surface area contributed by atoms with Gasteiger partial charge in [-0.3, -0.25) is 14.9 Å². The van der Waals surface area contributed by atoms with Gasteiger partial charge < -0.3 is 15.2 Å². The van der Waals surface area contributed by atoms with Crippen LogP contribution in [0.2, 0.25) is 0 Å². The summed E-state index contributed by atoms with van der Waals surface area (Å²) in [5, 5.41) is 22.6. The molecule has 0 aliphatic rings. The average molecular weight is 282 g/mol. The Balaban J connectivity index is 2.85. The van der Waals surface area contributed by atoms with Gasteiger partial charge in [-0.2, -0.15) is 0 Å². The van der Waals surface area contributed by atoms with Gasteiger partial charge in [0.1, 0.15) is 18.4 Å². The quantitative estimate of drug-likeness (QED) is 0.582. The topological polar surface area (TPSA) is 102 Å². The third-order valence-electron chi connectivity index (χ3n) is 2.84. The van der Waals surface area contributed by atoms with Gasteiger partial charge >= 0.3 is 5.97 Å². The fourth-order valence-electron chi connectivity index (χ4n) is 1.76. The van der Waals surface area contributed by atoms with E-state index in [1.165, 1.54) is 6.07 Å². The normalized spacial score (nSPS) is 11.9. The molecule has 0 aliphatic carbocycles. The van der Waals surface area contributed by atoms with Crippen LogP contribution in [0.25, 0.3) is 0 Å². The molecule has 1 rings (SSSR count). The van der Waals surface area contributed by atoms with Crippen LogP contribution in [0.15, 0.2) is 12.1 Å². The van der Waals surface area contributed by atoms with E-state index in [0.29, 0.717) is 23.4 Å². The van der Waals surface area contributed by atoms with Gasteiger partial charge in [-0.05, 0) is 32.0 Å². The fraction of sp³-hybridized carbons (Fsp3) is 0.462. The van der Waals surface area contributed by atoms with Crippen LogP contribution >= 0.6 is 0 Å². The highest BCUT2D eigenvalue weighted by molar-refractivity contribution is 5.73. The predicted molar refractivity (Wildman–Crippen MR) is 73.2 cm³/mol. The molecule has 0 fully saturated rings. The number of carboxylic acid groups (broad SMARTS) is 1. The van der Waals surface area contributed by atoms with Gasteiger partial charge in [-0.15, -0.1) is 0 Å². The minimum Gasteiger partial charge on any atom is -0.491 e. The van der Waals surface area contributed by atoms with E-state index in [0.717, 1.165) is 0 Å². The zero-order valence-corrected chi connectivity index (χ0v) is 11.7. The van der Waals surface area contributed by atoms with Crippen molar-refractivity contribution in [3.63, 3.8) is 0 Å². The number of aliphatic carboxylic acids is 1. The average Bonchev–Trinajstić information content (AvgIpc) is 2.36. The third-order valence-corrected chi connectivity index (χ3v) is 2.84. The van der Waals surface area contributed by atoms with Crippen LogP contribution in [0, 0.1) is 24.0 Å². The molecule has 0 radical (unpaired) electrons. The first-order valence-corrected chi connectivity index (χ1v) is 6.21. The van der Waals surface area contributed by atoms with Crippen molar-refractivity contribution in [2.45, 2.75) is 26.8 Å². The second kappa shape index (κ2) is 6.85. The maximum Gasteiger partial charge on any atom is 0.324 e. The minimum atomic E-state index is -0.997. The lowest BCUT2D eigenvalue weighted by Gasteiger charge is -2.16. The summed E-state index contributed by atoms with van der Waals surface area (Å²) in [5.74, 6) is -0.541. The Morgan fingerprint density at radius 1 is 1.45 bits per heavy atom. The van der Waals surface area contributed by atoms with Crippen LogP contribution in [-0.2, 0) is 4.79 Å². The molecule has 0 saturated heterocycles. The Labute approximate surface area is 116 Å². The number of carbonyl (C=O) groups is 1. The zero-order chi connectivity index (χ0) is 15.3. The van der Waals surface area contributed by atoms with E-state index < -0.39 is 16.9 Å². The number of hydrogen-bond acceptors (Lipinski definition) is 5. The van der Waals surface area contributed by atoms with Crippen LogP contribution in [0.3, 0.4) is 0 Å². The molecule has 1 aromatic rings. The second-order valence-corrected chi connectivity index (χ2v) is 4.42. The van der Waals surface area contributed by atoms with Crippen molar-refractivity contribution in [1.29, 1.82) is 0 Å². The summed E-state index contributed by atoms with van der Waals surface area (Å²) in [6.07, 6.45) is 0. The standard InChI is InChI=1S/C13H18N2O5/c1-4-14-10(13(16)17)7-20-12-6-8(2)11(15(18)19)5-9(12)3/h5-6,10,14H,4,7H2,1-3H3,(H,16,17). The number of nitro groups is 1. The first-order chi connectivity index (χ1) is 9.36. The van der Waals surface area contributed by atoms with E-state index in [9.17, 15) is 14.9 Å². The highest BCUT2D eigenvalue weighted by atomic mass is 16.6. The summed E-state index contributed by atoms with van der Waals surface area (Å²) in [6, 6.07) is 2.17. The Bertz CT molecular complexity index is 516. The minimum absolute atomic E-state index is 0.0244. The number of hydrogen-bond donors (Lipinski definition) is 2. The largest absolute Gasteiger partial charge is 0.491 e. The second-order valence-electron chi connectivity index (χ2n) is 4.42. The molecule has 1 atom stereocenters. The predicted octanol–water partition coefficient (Wildman–Crippen LogP) is 1.65. The fourth-order valence-corrected chi connectivity index (χ4v) is 1.76. The van der Waals surface area contributed by atoms with E-state index in [-0.39, 0.29) is 12.3 Å². The smallest absolute Gasteiger partial charge is 0.324 e. The molecule has 20 heavy (non-hydrogen) atoms. The molecule has 0 aromatic heterocycles. The first-order valence-electron chi connectivity index (χ1n) is 6.21. The van der Waals surface area contributed by atoms with Crippen molar-refractivity contribution in [2.75, 3.05) is 13.2 Å². The molecular formula is C13H18N2O5. The van der Waals surface area contributed by atoms with Crippen molar-refractivity contribution in [1.82, 2.24) is 5.32 Å². The molecule has 110 valence electrons. The van der Waals surface area contributed by atoms with Crippen LogP contribution in [0.1, 0.15) is 18.1 Å². The molecule has 2 N–H and O–H groups in total. The van der Waals surface area contributed by atoms with E-state index in [4.69, 9.17) is 9.84 Å². The zero-order valence-electron chi connectivity index (χ0n) is 11.7. The first kappa shape index (κ1) is 15.9. The monoisotopic (exact) mass is 282 g/mol. The number of rotatable bonds is 7. The number of ether oxygens (including phenoxy) is 1. The number of carboxylic acids is 1. The lowest BCUT2D eigenvalue weighted by Crippen LogP contribution is -2.41. The van der Waals surface area contributed by atoms with Crippen molar-refractivity contribution in [3.05, 3.63) is 33.4 Å². The summed E-state index contributed by atoms with van der Waals surface area (Å²) in [5.41, 5.74) is 1.10. The number of aryl methyl sites for hydroxylation is 2. The molecule has 0 amide bonds. The van der Waals surface area contributed by atoms with E-state index in [2.05, 4.69) is 5.32 Å². The maximum absolute atomic E-state index is 11.0. The van der Waals surface area contributed by atoms with Gasteiger partial charge in [0, 0.05) is 11.6 Å². The van der Waals surface area contributed by atoms with Crippen LogP contribution in [0.5, 0.6) is 5.75 Å². The molecule has 7 heteroatoms. The Morgan fingerprint density at radius 3 is 2.60 bits per heavy atom. The Morgan fingerprint density at radius 2 is 2.10 bits per heavy atom. The Kier molecular flexibility index (Phi) is 5.45. The number of benzene rings is 1. The molecule has 1 unspecified atom stereocenters. The van der Waals surface area contributed by atoms with Gasteiger partial charge in [0.25, 0.3) is 5.69 Å². The van der Waals surface area contributed by atoms with Crippen molar-refractivity contribution in [3.8, 4) is 5.75 Å². The van der Waals surface area contributed by atoms with Crippen LogP contribution in [-0.4, -0.2) is 35.2 Å². The van der Waals surface area contributed by atoms with E-state index in [1.54, 1.807) is 26.8 Å². The summed E-state index contributed by atoms with van der Waals surface area (Å²) < 4.78 is 5.46. The molecular weight excluding hydrogens is 264 g/mol. The lowest BCUT2D eigenvalue weighted by molar-refractivity contribution is -0.385. The van der Waals surface area contributed by atoms with Gasteiger partial charge in [0.2, 0.25) is 0 Å². The summed E-state index contributed by atoms with van der Waals surface area (Å²) in [7, 11) is 0. The van der Waals surface area contributed by atoms with Gasteiger partial charge in [-0.1, -0.05) is 6.92 Å². The highest BCUT2D eigenvalue weighted by Crippen LogP contribution is 2.27. The maximum atomic E-state index is 11.0. The molecule has 0 spiro atoms. The lowest BCUT2D eigenvalue weighted by atomic mass is 10.1. The van der Waals surface area contributed by atoms with Crippen LogP contribution in [0.4, 0.5) is 5.69 Å². The van der Waals surface area contributed by atoms with Gasteiger partial charge in [-0.25, -0.2) is 0 Å². The number of likely N-dealkylation sites (N-methyl/N-ethyl adjacent to an activating group) is 1. The van der Waals surface area contributed by atoms with Crippen LogP contribution < -0.4 is 10.1 Å². The molecule has 0 heterocycles. The third kappa shape index (κ3) is 3.92.